The number of amides is 2. The summed E-state index contributed by atoms with van der Waals surface area (Å²) in [6.45, 7) is 11.8. The van der Waals surface area contributed by atoms with Crippen molar-refractivity contribution in [2.24, 2.45) is 0 Å². The standard InChI is InChI=1S/C18H32N2O6/c1-7-24-13(3)16(22)25-14-8-10-20(11-9-14)15(21)12(2)19-17(23)26-18(4,5)6/h12-14H,7-11H2,1-6H3,(H,19,23)/t12-,13?/m0/s1. The summed E-state index contributed by atoms with van der Waals surface area (Å²) in [4.78, 5) is 37.8. The van der Waals surface area contributed by atoms with Crippen LogP contribution in [0.1, 0.15) is 54.4 Å². The van der Waals surface area contributed by atoms with E-state index < -0.39 is 23.8 Å². The summed E-state index contributed by atoms with van der Waals surface area (Å²) in [5.41, 5.74) is -0.617. The molecule has 1 rings (SSSR count). The van der Waals surface area contributed by atoms with Gasteiger partial charge in [0.25, 0.3) is 0 Å². The number of esters is 1. The Bertz CT molecular complexity index is 494. The van der Waals surface area contributed by atoms with Crippen LogP contribution in [0.2, 0.25) is 0 Å². The topological polar surface area (TPSA) is 94.2 Å². The van der Waals surface area contributed by atoms with E-state index in [9.17, 15) is 14.4 Å². The zero-order valence-electron chi connectivity index (χ0n) is 16.7. The number of carbonyl (C=O) groups excluding carboxylic acids is 3. The van der Waals surface area contributed by atoms with Crippen molar-refractivity contribution in [2.75, 3.05) is 19.7 Å². The number of hydrogen-bond acceptors (Lipinski definition) is 6. The Morgan fingerprint density at radius 3 is 2.23 bits per heavy atom. The predicted octanol–water partition coefficient (Wildman–Crippen LogP) is 1.86. The van der Waals surface area contributed by atoms with Crippen LogP contribution < -0.4 is 5.32 Å². The van der Waals surface area contributed by atoms with Crippen molar-refractivity contribution in [3.63, 3.8) is 0 Å². The Morgan fingerprint density at radius 1 is 1.15 bits per heavy atom. The number of nitrogens with one attached hydrogen (secondary N) is 1. The highest BCUT2D eigenvalue weighted by Gasteiger charge is 2.30. The smallest absolute Gasteiger partial charge is 0.408 e. The van der Waals surface area contributed by atoms with Crippen LogP contribution >= 0.6 is 0 Å². The van der Waals surface area contributed by atoms with E-state index in [1.165, 1.54) is 0 Å². The SMILES string of the molecule is CCOC(C)C(=O)OC1CCN(C(=O)[C@H](C)NC(=O)OC(C)(C)C)CC1. The molecule has 0 radical (unpaired) electrons. The third kappa shape index (κ3) is 7.59. The summed E-state index contributed by atoms with van der Waals surface area (Å²) >= 11 is 0. The summed E-state index contributed by atoms with van der Waals surface area (Å²) in [6.07, 6.45) is -0.293. The van der Waals surface area contributed by atoms with Crippen LogP contribution in [0.15, 0.2) is 0 Å². The van der Waals surface area contributed by atoms with Gasteiger partial charge in [0.2, 0.25) is 5.91 Å². The maximum absolute atomic E-state index is 12.4. The zero-order valence-corrected chi connectivity index (χ0v) is 16.7. The van der Waals surface area contributed by atoms with Gasteiger partial charge in [-0.15, -0.1) is 0 Å². The van der Waals surface area contributed by atoms with Gasteiger partial charge in [-0.05, 0) is 41.5 Å². The third-order valence-electron chi connectivity index (χ3n) is 3.89. The Kier molecular flexibility index (Phi) is 8.33. The second-order valence-electron chi connectivity index (χ2n) is 7.43. The minimum Gasteiger partial charge on any atom is -0.460 e. The molecule has 1 saturated heterocycles. The van der Waals surface area contributed by atoms with Crippen molar-refractivity contribution in [3.05, 3.63) is 0 Å². The highest BCUT2D eigenvalue weighted by Crippen LogP contribution is 2.16. The van der Waals surface area contributed by atoms with E-state index in [1.807, 2.05) is 6.92 Å². The summed E-state index contributed by atoms with van der Waals surface area (Å²) in [5, 5.41) is 2.55. The van der Waals surface area contributed by atoms with Crippen LogP contribution in [0, 0.1) is 0 Å². The average Bonchev–Trinajstić information content (AvgIpc) is 2.53. The van der Waals surface area contributed by atoms with Crippen molar-refractivity contribution < 1.29 is 28.6 Å². The van der Waals surface area contributed by atoms with Gasteiger partial charge in [0.05, 0.1) is 0 Å². The van der Waals surface area contributed by atoms with Crippen molar-refractivity contribution in [1.29, 1.82) is 0 Å². The summed E-state index contributed by atoms with van der Waals surface area (Å²) in [5.74, 6) is -0.556. The van der Waals surface area contributed by atoms with Crippen LogP contribution in [0.4, 0.5) is 4.79 Å². The predicted molar refractivity (Wildman–Crippen MR) is 95.6 cm³/mol. The van der Waals surface area contributed by atoms with Crippen LogP contribution in [0.3, 0.4) is 0 Å². The van der Waals surface area contributed by atoms with Gasteiger partial charge >= 0.3 is 12.1 Å². The fraction of sp³-hybridized carbons (Fsp3) is 0.833. The molecule has 0 saturated carbocycles. The molecular formula is C18H32N2O6. The van der Waals surface area contributed by atoms with Crippen LogP contribution in [-0.4, -0.2) is 66.4 Å². The van der Waals surface area contributed by atoms with E-state index in [-0.39, 0.29) is 18.0 Å². The second-order valence-corrected chi connectivity index (χ2v) is 7.43. The molecule has 1 aliphatic heterocycles. The molecule has 1 unspecified atom stereocenters. The monoisotopic (exact) mass is 372 g/mol. The van der Waals surface area contributed by atoms with Gasteiger partial charge < -0.3 is 24.4 Å². The van der Waals surface area contributed by atoms with Crippen molar-refractivity contribution in [2.45, 2.75) is 78.2 Å². The number of piperidine rings is 1. The van der Waals surface area contributed by atoms with Gasteiger partial charge in [-0.2, -0.15) is 0 Å². The van der Waals surface area contributed by atoms with Crippen molar-refractivity contribution in [1.82, 2.24) is 10.2 Å². The highest BCUT2D eigenvalue weighted by molar-refractivity contribution is 5.85. The fourth-order valence-electron chi connectivity index (χ4n) is 2.59. The molecule has 1 fully saturated rings. The minimum atomic E-state index is -0.679. The average molecular weight is 372 g/mol. The first-order valence-electron chi connectivity index (χ1n) is 9.14. The molecule has 26 heavy (non-hydrogen) atoms. The molecule has 2 atom stereocenters. The molecule has 150 valence electrons. The molecule has 8 heteroatoms. The van der Waals surface area contributed by atoms with Gasteiger partial charge in [-0.25, -0.2) is 9.59 Å². The molecule has 0 bridgehead atoms. The van der Waals surface area contributed by atoms with E-state index >= 15 is 0 Å². The molecule has 1 N–H and O–H groups in total. The van der Waals surface area contributed by atoms with E-state index in [2.05, 4.69) is 5.32 Å². The molecule has 0 aromatic heterocycles. The molecule has 0 aliphatic carbocycles. The summed E-state index contributed by atoms with van der Waals surface area (Å²) < 4.78 is 15.8. The maximum Gasteiger partial charge on any atom is 0.408 e. The quantitative estimate of drug-likeness (QED) is 0.715. The van der Waals surface area contributed by atoms with Crippen LogP contribution in [0.5, 0.6) is 0 Å². The van der Waals surface area contributed by atoms with E-state index in [1.54, 1.807) is 39.5 Å². The lowest BCUT2D eigenvalue weighted by molar-refractivity contribution is -0.163. The largest absolute Gasteiger partial charge is 0.460 e. The Hall–Kier alpha value is -1.83. The zero-order chi connectivity index (χ0) is 19.9. The number of rotatable bonds is 6. The van der Waals surface area contributed by atoms with Crippen LogP contribution in [0.25, 0.3) is 0 Å². The molecule has 0 aromatic rings. The van der Waals surface area contributed by atoms with Gasteiger partial charge in [0.15, 0.2) is 6.10 Å². The summed E-state index contributed by atoms with van der Waals surface area (Å²) in [7, 11) is 0. The Morgan fingerprint density at radius 2 is 1.73 bits per heavy atom. The Labute approximate surface area is 155 Å². The lowest BCUT2D eigenvalue weighted by atomic mass is 10.1. The van der Waals surface area contributed by atoms with Crippen LogP contribution in [-0.2, 0) is 23.8 Å². The van der Waals surface area contributed by atoms with E-state index in [0.717, 1.165) is 0 Å². The lowest BCUT2D eigenvalue weighted by Crippen LogP contribution is -2.51. The number of hydrogen-bond donors (Lipinski definition) is 1. The van der Waals surface area contributed by atoms with Crippen molar-refractivity contribution in [3.8, 4) is 0 Å². The number of carbonyl (C=O) groups is 3. The van der Waals surface area contributed by atoms with E-state index in [0.29, 0.717) is 32.5 Å². The van der Waals surface area contributed by atoms with Gasteiger partial charge in [-0.3, -0.25) is 4.79 Å². The highest BCUT2D eigenvalue weighted by atomic mass is 16.6. The molecule has 2 amide bonds. The normalized spacial score (nSPS) is 18.0. The van der Waals surface area contributed by atoms with E-state index in [4.69, 9.17) is 14.2 Å². The molecule has 1 aliphatic rings. The molecular weight excluding hydrogens is 340 g/mol. The van der Waals surface area contributed by atoms with Gasteiger partial charge in [0.1, 0.15) is 17.7 Å². The fourth-order valence-corrected chi connectivity index (χ4v) is 2.59. The Balaban J connectivity index is 2.41. The second kappa shape index (κ2) is 9.75. The third-order valence-corrected chi connectivity index (χ3v) is 3.89. The first-order valence-corrected chi connectivity index (χ1v) is 9.14. The number of nitrogens with zero attached hydrogens (tertiary/aromatic N) is 1. The first-order chi connectivity index (χ1) is 12.0. The number of alkyl carbamates (subject to hydrolysis) is 1. The lowest BCUT2D eigenvalue weighted by Gasteiger charge is -2.33. The first kappa shape index (κ1) is 22.2. The molecule has 1 heterocycles. The number of ether oxygens (including phenoxy) is 3. The van der Waals surface area contributed by atoms with Gasteiger partial charge in [-0.1, -0.05) is 0 Å². The number of likely N-dealkylation sites (tertiary alicyclic amines) is 1. The molecule has 0 spiro atoms. The summed E-state index contributed by atoms with van der Waals surface area (Å²) in [6, 6.07) is -0.679. The minimum absolute atomic E-state index is 0.177. The molecule has 0 aromatic carbocycles. The van der Waals surface area contributed by atoms with Crippen molar-refractivity contribution >= 4 is 18.0 Å². The molecule has 8 nitrogen and oxygen atoms in total. The van der Waals surface area contributed by atoms with Gasteiger partial charge in [0, 0.05) is 32.5 Å². The maximum atomic E-state index is 12.4.